The van der Waals surface area contributed by atoms with Crippen molar-refractivity contribution in [2.24, 2.45) is 0 Å². The van der Waals surface area contributed by atoms with Crippen LogP contribution >= 0.6 is 11.3 Å². The maximum atomic E-state index is 12.5. The molecule has 4 rings (SSSR count). The summed E-state index contributed by atoms with van der Waals surface area (Å²) in [5.74, 6) is -0.404. The molecule has 0 radical (unpaired) electrons. The molecule has 0 bridgehead atoms. The number of benzene rings is 2. The Bertz CT molecular complexity index is 1270. The summed E-state index contributed by atoms with van der Waals surface area (Å²) < 4.78 is 1.99. The first-order valence-corrected chi connectivity index (χ1v) is 8.72. The summed E-state index contributed by atoms with van der Waals surface area (Å²) in [5, 5.41) is 6.73. The van der Waals surface area contributed by atoms with Crippen molar-refractivity contribution in [3.63, 3.8) is 0 Å². The summed E-state index contributed by atoms with van der Waals surface area (Å²) in [4.78, 5) is 41.2. The van der Waals surface area contributed by atoms with Crippen LogP contribution < -0.4 is 16.4 Å². The molecule has 2 heterocycles. The van der Waals surface area contributed by atoms with E-state index in [4.69, 9.17) is 0 Å². The second-order valence-electron chi connectivity index (χ2n) is 5.84. The first-order valence-electron chi connectivity index (χ1n) is 7.90. The average Bonchev–Trinajstić information content (AvgIpc) is 2.99. The van der Waals surface area contributed by atoms with E-state index in [2.05, 4.69) is 15.4 Å². The zero-order chi connectivity index (χ0) is 18.3. The van der Waals surface area contributed by atoms with E-state index in [1.807, 2.05) is 19.1 Å². The summed E-state index contributed by atoms with van der Waals surface area (Å²) in [6.45, 7) is 1.64. The molecule has 4 aromatic rings. The molecule has 0 fully saturated rings. The van der Waals surface area contributed by atoms with Gasteiger partial charge in [0.05, 0.1) is 26.0 Å². The highest BCUT2D eigenvalue weighted by Gasteiger charge is 2.11. The monoisotopic (exact) mass is 366 g/mol. The number of anilines is 1. The zero-order valence-electron chi connectivity index (χ0n) is 13.8. The molecule has 0 saturated heterocycles. The Morgan fingerprint density at radius 3 is 2.77 bits per heavy atom. The van der Waals surface area contributed by atoms with E-state index >= 15 is 0 Å². The maximum Gasteiger partial charge on any atom is 0.273 e. The van der Waals surface area contributed by atoms with Gasteiger partial charge in [0.1, 0.15) is 6.54 Å². The number of aryl methyl sites for hydroxylation is 1. The van der Waals surface area contributed by atoms with Crippen LogP contribution in [-0.4, -0.2) is 20.7 Å². The van der Waals surface area contributed by atoms with Crippen LogP contribution in [0, 0.1) is 6.92 Å². The molecule has 0 unspecified atom stereocenters. The predicted octanol–water partition coefficient (Wildman–Crippen LogP) is 2.25. The average molecular weight is 366 g/mol. The summed E-state index contributed by atoms with van der Waals surface area (Å²) in [6, 6.07) is 11.9. The van der Waals surface area contributed by atoms with Gasteiger partial charge in [0.2, 0.25) is 5.91 Å². The number of thiazole rings is 1. The molecular formula is C18H14N4O3S. The minimum atomic E-state index is -0.413. The molecule has 0 atom stereocenters. The molecule has 0 aliphatic heterocycles. The Morgan fingerprint density at radius 2 is 1.96 bits per heavy atom. The summed E-state index contributed by atoms with van der Waals surface area (Å²) in [5.41, 5.74) is 0.668. The molecule has 7 nitrogen and oxygen atoms in total. The number of hydrogen-bond acceptors (Lipinski definition) is 5. The number of carbonyl (C=O) groups is 1. The summed E-state index contributed by atoms with van der Waals surface area (Å²) >= 11 is 1.54. The lowest BCUT2D eigenvalue weighted by Gasteiger charge is -2.08. The van der Waals surface area contributed by atoms with E-state index in [-0.39, 0.29) is 11.9 Å². The van der Waals surface area contributed by atoms with Gasteiger partial charge in [-0.3, -0.25) is 19.5 Å². The smallest absolute Gasteiger partial charge is 0.273 e. The SMILES string of the molecule is Cc1nc2ccc(NC(=O)Cn3[nH]c(=O)c4ccccc4c3=O)cc2s1. The Hall–Kier alpha value is -3.26. The van der Waals surface area contributed by atoms with Crippen LogP contribution in [0.2, 0.25) is 0 Å². The van der Waals surface area contributed by atoms with E-state index < -0.39 is 17.0 Å². The molecule has 2 aromatic heterocycles. The number of fused-ring (bicyclic) bond motifs is 2. The van der Waals surface area contributed by atoms with Crippen LogP contribution in [0.25, 0.3) is 21.0 Å². The molecule has 0 saturated carbocycles. The molecule has 0 aliphatic carbocycles. The summed E-state index contributed by atoms with van der Waals surface area (Å²) in [7, 11) is 0. The molecule has 26 heavy (non-hydrogen) atoms. The number of carbonyl (C=O) groups excluding carboxylic acids is 1. The van der Waals surface area contributed by atoms with Crippen molar-refractivity contribution in [3.8, 4) is 0 Å². The van der Waals surface area contributed by atoms with E-state index in [0.717, 1.165) is 19.9 Å². The highest BCUT2D eigenvalue weighted by atomic mass is 32.1. The van der Waals surface area contributed by atoms with Gasteiger partial charge in [0, 0.05) is 5.69 Å². The van der Waals surface area contributed by atoms with Crippen molar-refractivity contribution < 1.29 is 4.79 Å². The minimum absolute atomic E-state index is 0.279. The molecule has 0 spiro atoms. The molecule has 2 N–H and O–H groups in total. The van der Waals surface area contributed by atoms with Gasteiger partial charge in [-0.15, -0.1) is 11.3 Å². The van der Waals surface area contributed by atoms with Crippen molar-refractivity contribution in [2.45, 2.75) is 13.5 Å². The Balaban J connectivity index is 1.61. The second-order valence-corrected chi connectivity index (χ2v) is 7.08. The van der Waals surface area contributed by atoms with Crippen molar-refractivity contribution in [1.29, 1.82) is 0 Å². The third kappa shape index (κ3) is 2.91. The van der Waals surface area contributed by atoms with Crippen molar-refractivity contribution >= 4 is 43.9 Å². The van der Waals surface area contributed by atoms with Crippen LogP contribution in [0.15, 0.2) is 52.1 Å². The van der Waals surface area contributed by atoms with E-state index in [1.165, 1.54) is 11.3 Å². The van der Waals surface area contributed by atoms with E-state index in [1.54, 1.807) is 30.3 Å². The number of amides is 1. The minimum Gasteiger partial charge on any atom is -0.324 e. The number of aromatic nitrogens is 3. The predicted molar refractivity (Wildman–Crippen MR) is 102 cm³/mol. The Morgan fingerprint density at radius 1 is 1.19 bits per heavy atom. The molecule has 0 aliphatic rings. The van der Waals surface area contributed by atoms with Gasteiger partial charge in [-0.25, -0.2) is 9.67 Å². The third-order valence-corrected chi connectivity index (χ3v) is 4.90. The fourth-order valence-electron chi connectivity index (χ4n) is 2.82. The number of hydrogen-bond donors (Lipinski definition) is 2. The Kier molecular flexibility index (Phi) is 3.89. The van der Waals surface area contributed by atoms with Gasteiger partial charge in [0.15, 0.2) is 0 Å². The first-order chi connectivity index (χ1) is 12.5. The molecule has 1 amide bonds. The highest BCUT2D eigenvalue weighted by Crippen LogP contribution is 2.24. The van der Waals surface area contributed by atoms with Crippen LogP contribution in [0.3, 0.4) is 0 Å². The van der Waals surface area contributed by atoms with Crippen molar-refractivity contribution in [3.05, 3.63) is 68.2 Å². The van der Waals surface area contributed by atoms with Crippen molar-refractivity contribution in [2.75, 3.05) is 5.32 Å². The normalized spacial score (nSPS) is 11.1. The summed E-state index contributed by atoms with van der Waals surface area (Å²) in [6.07, 6.45) is 0. The zero-order valence-corrected chi connectivity index (χ0v) is 14.6. The van der Waals surface area contributed by atoms with Crippen LogP contribution in [0.4, 0.5) is 5.69 Å². The third-order valence-electron chi connectivity index (χ3n) is 3.96. The Labute approximate surface area is 150 Å². The second kappa shape index (κ2) is 6.23. The maximum absolute atomic E-state index is 12.5. The topological polar surface area (TPSA) is 96.8 Å². The van der Waals surface area contributed by atoms with Gasteiger partial charge in [-0.1, -0.05) is 12.1 Å². The van der Waals surface area contributed by atoms with Gasteiger partial charge in [-0.2, -0.15) is 0 Å². The standard InChI is InChI=1S/C18H14N4O3S/c1-10-19-14-7-6-11(8-15(14)26-10)20-16(23)9-22-18(25)13-5-3-2-4-12(13)17(24)21-22/h2-8H,9H2,1H3,(H,20,23)(H,21,24). The van der Waals surface area contributed by atoms with Gasteiger partial charge in [0.25, 0.3) is 11.1 Å². The fourth-order valence-corrected chi connectivity index (χ4v) is 3.69. The number of aromatic amines is 1. The van der Waals surface area contributed by atoms with Gasteiger partial charge in [-0.05, 0) is 37.3 Å². The first kappa shape index (κ1) is 16.2. The lowest BCUT2D eigenvalue weighted by molar-refractivity contribution is -0.117. The largest absolute Gasteiger partial charge is 0.324 e. The molecule has 2 aromatic carbocycles. The number of nitrogens with zero attached hydrogens (tertiary/aromatic N) is 2. The molecular weight excluding hydrogens is 352 g/mol. The van der Waals surface area contributed by atoms with Gasteiger partial charge < -0.3 is 5.32 Å². The van der Waals surface area contributed by atoms with Crippen LogP contribution in [0.1, 0.15) is 5.01 Å². The quantitative estimate of drug-likeness (QED) is 0.581. The molecule has 8 heteroatoms. The fraction of sp³-hybridized carbons (Fsp3) is 0.111. The van der Waals surface area contributed by atoms with Crippen molar-refractivity contribution in [1.82, 2.24) is 14.8 Å². The van der Waals surface area contributed by atoms with Gasteiger partial charge >= 0.3 is 0 Å². The van der Waals surface area contributed by atoms with Crippen LogP contribution in [0.5, 0.6) is 0 Å². The highest BCUT2D eigenvalue weighted by molar-refractivity contribution is 7.18. The number of H-pyrrole nitrogens is 1. The molecule has 130 valence electrons. The lowest BCUT2D eigenvalue weighted by Crippen LogP contribution is -2.34. The van der Waals surface area contributed by atoms with E-state index in [9.17, 15) is 14.4 Å². The lowest BCUT2D eigenvalue weighted by atomic mass is 10.2. The number of rotatable bonds is 3. The number of nitrogens with one attached hydrogen (secondary N) is 2. The van der Waals surface area contributed by atoms with Crippen LogP contribution in [-0.2, 0) is 11.3 Å². The van der Waals surface area contributed by atoms with E-state index in [0.29, 0.717) is 11.1 Å².